The standard InChI is InChI=1S/C11H22O.C10H20O.C9H18O.C8H16O/c1-2-3-4-5-6-7-8-9-10-11-12;1-2-3-4-5-6-7-8-9-10-11;1-2-3-4-5-6-7-8-9-10;1-2-3-4-5-6-7-8-9/h11H,2-10H2,1H3;10H,2-9H2,1H3;9H,2-8H2,1H3;8H,2-7H2,1H3. The summed E-state index contributed by atoms with van der Waals surface area (Å²) in [7, 11) is 0. The Hall–Kier alpha value is -1.32. The van der Waals surface area contributed by atoms with Crippen molar-refractivity contribution in [2.45, 2.75) is 220 Å². The third-order valence-corrected chi connectivity index (χ3v) is 7.20. The van der Waals surface area contributed by atoms with Crippen molar-refractivity contribution in [1.82, 2.24) is 0 Å². The SMILES string of the molecule is CCCCCCCC=O.CCCCCCCCC=O.CCCCCCCCCC=O.CCCCCCCCCCC=O. The highest BCUT2D eigenvalue weighted by atomic mass is 16.1. The van der Waals surface area contributed by atoms with Gasteiger partial charge in [0.15, 0.2) is 0 Å². The fraction of sp³-hybridized carbons (Fsp3) is 0.895. The number of hydrogen-bond acceptors (Lipinski definition) is 4. The van der Waals surface area contributed by atoms with Crippen LogP contribution in [-0.4, -0.2) is 25.1 Å². The van der Waals surface area contributed by atoms with Crippen molar-refractivity contribution in [2.24, 2.45) is 0 Å². The predicted octanol–water partition coefficient (Wildman–Crippen LogP) is 12.5. The Morgan fingerprint density at radius 1 is 0.238 bits per heavy atom. The Balaban J connectivity index is -0.000000230. The first-order valence-corrected chi connectivity index (χ1v) is 18.4. The molecule has 0 aliphatic carbocycles. The van der Waals surface area contributed by atoms with E-state index in [1.165, 1.54) is 141 Å². The van der Waals surface area contributed by atoms with Crippen LogP contribution in [0.5, 0.6) is 0 Å². The second-order valence-electron chi connectivity index (χ2n) is 11.6. The molecule has 0 N–H and O–H groups in total. The van der Waals surface area contributed by atoms with Gasteiger partial charge in [-0.2, -0.15) is 0 Å². The van der Waals surface area contributed by atoms with E-state index in [2.05, 4.69) is 27.7 Å². The molecule has 0 radical (unpaired) electrons. The third-order valence-electron chi connectivity index (χ3n) is 7.20. The lowest BCUT2D eigenvalue weighted by molar-refractivity contribution is -0.108. The molecule has 0 aromatic heterocycles. The minimum absolute atomic E-state index is 0.754. The van der Waals surface area contributed by atoms with Crippen molar-refractivity contribution in [1.29, 1.82) is 0 Å². The molecular weight excluding hydrogens is 520 g/mol. The summed E-state index contributed by atoms with van der Waals surface area (Å²) in [6, 6.07) is 0. The van der Waals surface area contributed by atoms with E-state index in [0.29, 0.717) is 0 Å². The first-order valence-electron chi connectivity index (χ1n) is 18.4. The lowest BCUT2D eigenvalue weighted by atomic mass is 10.1. The molecule has 0 bridgehead atoms. The van der Waals surface area contributed by atoms with Gasteiger partial charge in [-0.1, -0.05) is 169 Å². The Labute approximate surface area is 264 Å². The van der Waals surface area contributed by atoms with Crippen LogP contribution < -0.4 is 0 Å². The van der Waals surface area contributed by atoms with E-state index >= 15 is 0 Å². The molecule has 0 rings (SSSR count). The van der Waals surface area contributed by atoms with E-state index in [1.807, 2.05) is 0 Å². The molecule has 0 unspecified atom stereocenters. The maximum absolute atomic E-state index is 9.98. The molecule has 0 aliphatic rings. The molecule has 0 spiro atoms. The summed E-state index contributed by atoms with van der Waals surface area (Å²) in [6.45, 7) is 8.88. The van der Waals surface area contributed by atoms with Crippen LogP contribution in [0.2, 0.25) is 0 Å². The smallest absolute Gasteiger partial charge is 0.119 e. The van der Waals surface area contributed by atoms with E-state index in [1.54, 1.807) is 0 Å². The quantitative estimate of drug-likeness (QED) is 0.0611. The molecule has 0 aromatic carbocycles. The highest BCUT2D eigenvalue weighted by Crippen LogP contribution is 2.09. The molecule has 252 valence electrons. The van der Waals surface area contributed by atoms with Crippen LogP contribution in [0, 0.1) is 0 Å². The molecule has 0 aliphatic heterocycles. The predicted molar refractivity (Wildman–Crippen MR) is 185 cm³/mol. The van der Waals surface area contributed by atoms with Crippen LogP contribution in [0.1, 0.15) is 220 Å². The zero-order valence-corrected chi connectivity index (χ0v) is 29.2. The molecule has 0 atom stereocenters. The summed E-state index contributed by atoms with van der Waals surface area (Å²) in [6.07, 6.45) is 40.5. The molecule has 0 amide bonds. The molecule has 0 heterocycles. The largest absolute Gasteiger partial charge is 0.303 e. The van der Waals surface area contributed by atoms with Gasteiger partial charge >= 0.3 is 0 Å². The van der Waals surface area contributed by atoms with Crippen LogP contribution in [0.3, 0.4) is 0 Å². The zero-order valence-electron chi connectivity index (χ0n) is 29.2. The number of carbonyl (C=O) groups excluding carboxylic acids is 4. The molecule has 0 aromatic rings. The third kappa shape index (κ3) is 66.8. The fourth-order valence-corrected chi connectivity index (χ4v) is 4.39. The van der Waals surface area contributed by atoms with Crippen molar-refractivity contribution >= 4 is 25.1 Å². The monoisotopic (exact) mass is 597 g/mol. The topological polar surface area (TPSA) is 68.3 Å². The van der Waals surface area contributed by atoms with E-state index in [9.17, 15) is 19.2 Å². The fourth-order valence-electron chi connectivity index (χ4n) is 4.39. The van der Waals surface area contributed by atoms with Crippen LogP contribution >= 0.6 is 0 Å². The van der Waals surface area contributed by atoms with Crippen molar-refractivity contribution in [3.63, 3.8) is 0 Å². The van der Waals surface area contributed by atoms with Gasteiger partial charge in [-0.25, -0.2) is 0 Å². The molecule has 4 nitrogen and oxygen atoms in total. The summed E-state index contributed by atoms with van der Waals surface area (Å²) in [5.74, 6) is 0. The zero-order chi connectivity index (χ0) is 32.0. The van der Waals surface area contributed by atoms with Crippen LogP contribution in [0.4, 0.5) is 0 Å². The summed E-state index contributed by atoms with van der Waals surface area (Å²) in [4.78, 5) is 39.7. The summed E-state index contributed by atoms with van der Waals surface area (Å²) in [5.41, 5.74) is 0. The van der Waals surface area contributed by atoms with E-state index in [4.69, 9.17) is 0 Å². The summed E-state index contributed by atoms with van der Waals surface area (Å²) < 4.78 is 0. The van der Waals surface area contributed by atoms with E-state index < -0.39 is 0 Å². The number of carbonyl (C=O) groups is 4. The highest BCUT2D eigenvalue weighted by molar-refractivity contribution is 5.49. The minimum atomic E-state index is 0.754. The first kappa shape index (κ1) is 47.6. The van der Waals surface area contributed by atoms with Crippen LogP contribution in [0.15, 0.2) is 0 Å². The normalized spacial score (nSPS) is 9.81. The van der Waals surface area contributed by atoms with Crippen LogP contribution in [0.25, 0.3) is 0 Å². The summed E-state index contributed by atoms with van der Waals surface area (Å²) >= 11 is 0. The molecule has 0 saturated heterocycles. The number of hydrogen-bond donors (Lipinski definition) is 0. The maximum Gasteiger partial charge on any atom is 0.119 e. The number of aldehydes is 4. The Bertz CT molecular complexity index is 464. The Kier molecular flexibility index (Phi) is 63.0. The van der Waals surface area contributed by atoms with E-state index in [0.717, 1.165) is 76.5 Å². The average molecular weight is 597 g/mol. The molecule has 0 saturated carbocycles. The van der Waals surface area contributed by atoms with Gasteiger partial charge in [0.2, 0.25) is 0 Å². The van der Waals surface area contributed by atoms with Gasteiger partial charge in [0, 0.05) is 25.7 Å². The lowest BCUT2D eigenvalue weighted by Crippen LogP contribution is -1.81. The molecular formula is C38H76O4. The minimum Gasteiger partial charge on any atom is -0.303 e. The molecule has 4 heteroatoms. The molecule has 0 fully saturated rings. The second-order valence-corrected chi connectivity index (χ2v) is 11.6. The van der Waals surface area contributed by atoms with Gasteiger partial charge in [-0.05, 0) is 25.7 Å². The van der Waals surface area contributed by atoms with Crippen molar-refractivity contribution in [2.75, 3.05) is 0 Å². The number of rotatable bonds is 30. The molecule has 42 heavy (non-hydrogen) atoms. The lowest BCUT2D eigenvalue weighted by Gasteiger charge is -1.98. The van der Waals surface area contributed by atoms with Gasteiger partial charge in [0.1, 0.15) is 25.1 Å². The van der Waals surface area contributed by atoms with Crippen molar-refractivity contribution in [3.8, 4) is 0 Å². The van der Waals surface area contributed by atoms with Crippen molar-refractivity contribution < 1.29 is 19.2 Å². The maximum atomic E-state index is 9.98. The van der Waals surface area contributed by atoms with Gasteiger partial charge in [-0.15, -0.1) is 0 Å². The van der Waals surface area contributed by atoms with Gasteiger partial charge in [0.25, 0.3) is 0 Å². The van der Waals surface area contributed by atoms with Crippen molar-refractivity contribution in [3.05, 3.63) is 0 Å². The first-order chi connectivity index (χ1) is 20.7. The van der Waals surface area contributed by atoms with E-state index in [-0.39, 0.29) is 0 Å². The Morgan fingerprint density at radius 3 is 0.524 bits per heavy atom. The van der Waals surface area contributed by atoms with Crippen LogP contribution in [-0.2, 0) is 19.2 Å². The van der Waals surface area contributed by atoms with Gasteiger partial charge < -0.3 is 19.2 Å². The second kappa shape index (κ2) is 55.6. The van der Waals surface area contributed by atoms with Gasteiger partial charge in [0.05, 0.1) is 0 Å². The highest BCUT2D eigenvalue weighted by Gasteiger charge is 1.91. The Morgan fingerprint density at radius 2 is 0.381 bits per heavy atom. The number of unbranched alkanes of at least 4 members (excludes halogenated alkanes) is 26. The summed E-state index contributed by atoms with van der Waals surface area (Å²) in [5, 5.41) is 0. The average Bonchev–Trinajstić information content (AvgIpc) is 3.01. The van der Waals surface area contributed by atoms with Gasteiger partial charge in [-0.3, -0.25) is 0 Å².